The zero-order valence-corrected chi connectivity index (χ0v) is 13.6. The summed E-state index contributed by atoms with van der Waals surface area (Å²) >= 11 is 0. The Morgan fingerprint density at radius 1 is 1.36 bits per heavy atom. The summed E-state index contributed by atoms with van der Waals surface area (Å²) in [7, 11) is 1.33. The SMILES string of the molecule is COC(=N)c1cnc(NC(=O)NC(C)c2ccc(F)c(F)c2)cc1N.[HH].[HH].[HH]. The van der Waals surface area contributed by atoms with Gasteiger partial charge in [0.05, 0.1) is 18.7 Å². The van der Waals surface area contributed by atoms with Crippen LogP contribution in [0.1, 0.15) is 28.4 Å². The lowest BCUT2D eigenvalue weighted by atomic mass is 10.1. The molecule has 0 aliphatic rings. The van der Waals surface area contributed by atoms with E-state index in [0.29, 0.717) is 11.1 Å². The Bertz CT molecular complexity index is 827. The van der Waals surface area contributed by atoms with Crippen LogP contribution in [0.15, 0.2) is 30.5 Å². The number of nitrogens with zero attached hydrogens (tertiary/aromatic N) is 1. The Morgan fingerprint density at radius 2 is 2.08 bits per heavy atom. The van der Waals surface area contributed by atoms with Crippen molar-refractivity contribution in [3.8, 4) is 0 Å². The fourth-order valence-corrected chi connectivity index (χ4v) is 2.05. The molecule has 1 atom stereocenters. The third kappa shape index (κ3) is 4.40. The molecule has 1 aromatic carbocycles. The molecule has 7 nitrogen and oxygen atoms in total. The van der Waals surface area contributed by atoms with Gasteiger partial charge < -0.3 is 15.8 Å². The Labute approximate surface area is 147 Å². The standard InChI is InChI=1S/C16H17F2N5O2.3H2/c1-8(9-3-4-11(17)12(18)5-9)22-16(24)23-14-6-13(19)10(7-21-14)15(20)25-2;;;/h3-8,20H,1-2H3,(H4,19,21,22,23,24);3*1H. The fourth-order valence-electron chi connectivity index (χ4n) is 2.05. The quantitative estimate of drug-likeness (QED) is 0.496. The summed E-state index contributed by atoms with van der Waals surface area (Å²) in [5.41, 5.74) is 6.70. The monoisotopic (exact) mass is 355 g/mol. The number of nitrogens with two attached hydrogens (primary N) is 1. The average Bonchev–Trinajstić information content (AvgIpc) is 2.56. The Hall–Kier alpha value is -3.23. The van der Waals surface area contributed by atoms with Crippen molar-refractivity contribution in [1.82, 2.24) is 10.3 Å². The van der Waals surface area contributed by atoms with Gasteiger partial charge in [-0.1, -0.05) is 6.07 Å². The summed E-state index contributed by atoms with van der Waals surface area (Å²) in [5.74, 6) is -1.92. The van der Waals surface area contributed by atoms with Gasteiger partial charge >= 0.3 is 6.03 Å². The van der Waals surface area contributed by atoms with E-state index in [1.165, 1.54) is 25.4 Å². The second-order valence-electron chi connectivity index (χ2n) is 5.18. The van der Waals surface area contributed by atoms with Crippen LogP contribution in [0.3, 0.4) is 0 Å². The Kier molecular flexibility index (Phi) is 5.48. The van der Waals surface area contributed by atoms with Crippen LogP contribution in [-0.4, -0.2) is 24.0 Å². The number of methoxy groups -OCH3 is 1. The number of ether oxygens (including phenoxy) is 1. The molecule has 138 valence electrons. The van der Waals surface area contributed by atoms with Gasteiger partial charge in [-0.25, -0.2) is 18.6 Å². The van der Waals surface area contributed by atoms with E-state index in [9.17, 15) is 13.6 Å². The van der Waals surface area contributed by atoms with Crippen LogP contribution >= 0.6 is 0 Å². The maximum absolute atomic E-state index is 13.2. The number of urea groups is 1. The molecule has 2 rings (SSSR count). The molecule has 5 N–H and O–H groups in total. The molecule has 0 fully saturated rings. The first-order chi connectivity index (χ1) is 11.8. The van der Waals surface area contributed by atoms with Crippen molar-refractivity contribution >= 4 is 23.4 Å². The lowest BCUT2D eigenvalue weighted by Gasteiger charge is -2.15. The highest BCUT2D eigenvalue weighted by molar-refractivity contribution is 5.97. The third-order valence-electron chi connectivity index (χ3n) is 3.42. The number of hydrogen-bond acceptors (Lipinski definition) is 5. The average molecular weight is 355 g/mol. The van der Waals surface area contributed by atoms with Crippen molar-refractivity contribution in [3.63, 3.8) is 0 Å². The maximum atomic E-state index is 13.2. The molecule has 0 radical (unpaired) electrons. The third-order valence-corrected chi connectivity index (χ3v) is 3.42. The Morgan fingerprint density at radius 3 is 2.68 bits per heavy atom. The minimum Gasteiger partial charge on any atom is -0.481 e. The number of hydrogen-bond donors (Lipinski definition) is 4. The van der Waals surface area contributed by atoms with E-state index in [2.05, 4.69) is 15.6 Å². The summed E-state index contributed by atoms with van der Waals surface area (Å²) in [5, 5.41) is 12.6. The molecule has 9 heteroatoms. The molecule has 1 heterocycles. The number of nitrogen functional groups attached to an aromatic ring is 1. The zero-order valence-electron chi connectivity index (χ0n) is 13.6. The minimum atomic E-state index is -0.989. The van der Waals surface area contributed by atoms with Gasteiger partial charge in [0.1, 0.15) is 5.82 Å². The largest absolute Gasteiger partial charge is 0.481 e. The van der Waals surface area contributed by atoms with Crippen LogP contribution in [0.25, 0.3) is 0 Å². The van der Waals surface area contributed by atoms with Gasteiger partial charge in [-0.2, -0.15) is 0 Å². The number of anilines is 2. The van der Waals surface area contributed by atoms with Gasteiger partial charge in [-0.05, 0) is 24.6 Å². The van der Waals surface area contributed by atoms with E-state index in [1.54, 1.807) is 6.92 Å². The first-order valence-corrected chi connectivity index (χ1v) is 7.22. The number of amides is 2. The predicted molar refractivity (Wildman–Crippen MR) is 95.8 cm³/mol. The molecule has 0 bridgehead atoms. The van der Waals surface area contributed by atoms with Gasteiger partial charge in [-0.3, -0.25) is 10.7 Å². The van der Waals surface area contributed by atoms with Crippen molar-refractivity contribution in [3.05, 3.63) is 53.2 Å². The van der Waals surface area contributed by atoms with Crippen LogP contribution in [0.2, 0.25) is 0 Å². The molecule has 0 aliphatic carbocycles. The van der Waals surface area contributed by atoms with Crippen molar-refractivity contribution in [2.45, 2.75) is 13.0 Å². The summed E-state index contributed by atoms with van der Waals surface area (Å²) in [4.78, 5) is 16.0. The van der Waals surface area contributed by atoms with E-state index in [0.717, 1.165) is 12.1 Å². The summed E-state index contributed by atoms with van der Waals surface area (Å²) in [6.07, 6.45) is 1.30. The second kappa shape index (κ2) is 7.56. The van der Waals surface area contributed by atoms with Crippen molar-refractivity contribution in [2.24, 2.45) is 0 Å². The molecular formula is C16H23F2N5O2. The molecule has 0 saturated carbocycles. The number of benzene rings is 1. The van der Waals surface area contributed by atoms with E-state index in [-0.39, 0.29) is 21.7 Å². The number of nitrogens with one attached hydrogen (secondary N) is 3. The molecule has 0 aliphatic heterocycles. The van der Waals surface area contributed by atoms with Crippen LogP contribution in [0.4, 0.5) is 25.1 Å². The summed E-state index contributed by atoms with van der Waals surface area (Å²) in [6.45, 7) is 1.62. The molecule has 1 unspecified atom stereocenters. The molecule has 0 spiro atoms. The molecule has 2 amide bonds. The number of carbonyl (C=O) groups is 1. The van der Waals surface area contributed by atoms with Crippen LogP contribution in [-0.2, 0) is 4.74 Å². The number of carbonyl (C=O) groups excluding carboxylic acids is 1. The van der Waals surface area contributed by atoms with E-state index >= 15 is 0 Å². The maximum Gasteiger partial charge on any atom is 0.320 e. The van der Waals surface area contributed by atoms with Gasteiger partial charge in [0.25, 0.3) is 0 Å². The lowest BCUT2D eigenvalue weighted by Crippen LogP contribution is -2.31. The first-order valence-electron chi connectivity index (χ1n) is 7.22. The summed E-state index contributed by atoms with van der Waals surface area (Å²) < 4.78 is 31.0. The highest BCUT2D eigenvalue weighted by atomic mass is 19.2. The Balaban J connectivity index is 0. The number of aromatic nitrogens is 1. The minimum absolute atomic E-state index is 0. The smallest absolute Gasteiger partial charge is 0.320 e. The predicted octanol–water partition coefficient (Wildman–Crippen LogP) is 3.53. The molecule has 2 aromatic rings. The van der Waals surface area contributed by atoms with Gasteiger partial charge in [0.2, 0.25) is 5.90 Å². The highest BCUT2D eigenvalue weighted by Crippen LogP contribution is 2.18. The summed E-state index contributed by atoms with van der Waals surface area (Å²) in [6, 6.07) is 3.61. The van der Waals surface area contributed by atoms with Gasteiger partial charge in [0.15, 0.2) is 11.6 Å². The van der Waals surface area contributed by atoms with Crippen LogP contribution in [0.5, 0.6) is 0 Å². The normalized spacial score (nSPS) is 11.5. The highest BCUT2D eigenvalue weighted by Gasteiger charge is 2.14. The molecule has 1 aromatic heterocycles. The van der Waals surface area contributed by atoms with Crippen LogP contribution in [0, 0.1) is 17.0 Å². The van der Waals surface area contributed by atoms with Crippen molar-refractivity contribution < 1.29 is 22.6 Å². The van der Waals surface area contributed by atoms with E-state index in [1.807, 2.05) is 0 Å². The van der Waals surface area contributed by atoms with Gasteiger partial charge in [-0.15, -0.1) is 0 Å². The van der Waals surface area contributed by atoms with Crippen molar-refractivity contribution in [1.29, 1.82) is 5.41 Å². The van der Waals surface area contributed by atoms with Crippen molar-refractivity contribution in [2.75, 3.05) is 18.2 Å². The molecule has 0 saturated heterocycles. The zero-order chi connectivity index (χ0) is 18.6. The fraction of sp³-hybridized carbons (Fsp3) is 0.188. The number of pyridine rings is 1. The van der Waals surface area contributed by atoms with Gasteiger partial charge in [0, 0.05) is 22.2 Å². The number of rotatable bonds is 4. The van der Waals surface area contributed by atoms with E-state index < -0.39 is 23.7 Å². The molecule has 25 heavy (non-hydrogen) atoms. The number of halogens is 2. The topological polar surface area (TPSA) is 113 Å². The molecular weight excluding hydrogens is 332 g/mol. The lowest BCUT2D eigenvalue weighted by molar-refractivity contribution is 0.249. The second-order valence-corrected chi connectivity index (χ2v) is 5.18. The first kappa shape index (κ1) is 18.1. The van der Waals surface area contributed by atoms with E-state index in [4.69, 9.17) is 15.9 Å². The van der Waals surface area contributed by atoms with Crippen LogP contribution < -0.4 is 16.4 Å².